The third-order valence-electron chi connectivity index (χ3n) is 5.37. The molecule has 0 aliphatic rings. The number of nitrogens with one attached hydrogen (secondary N) is 2. The first kappa shape index (κ1) is 27.9. The molecule has 3 N–H and O–H groups in total. The monoisotopic (exact) mass is 524 g/mol. The fraction of sp³-hybridized carbons (Fsp3) is 0.269. The van der Waals surface area contributed by atoms with Crippen molar-refractivity contribution in [2.24, 2.45) is 0 Å². The van der Waals surface area contributed by atoms with Gasteiger partial charge in [-0.15, -0.1) is 0 Å². The Bertz CT molecular complexity index is 1130. The van der Waals surface area contributed by atoms with Crippen LogP contribution in [-0.2, 0) is 43.4 Å². The van der Waals surface area contributed by atoms with Gasteiger partial charge in [-0.25, -0.2) is 19.4 Å². The van der Waals surface area contributed by atoms with Crippen LogP contribution in [0.2, 0.25) is 0 Å². The van der Waals surface area contributed by atoms with Crippen molar-refractivity contribution in [1.29, 1.82) is 0 Å². The number of hydrogen-bond acceptors (Lipinski definition) is 9. The summed E-state index contributed by atoms with van der Waals surface area (Å²) in [7, 11) is 1.09. The number of rotatable bonds is 11. The van der Waals surface area contributed by atoms with Crippen molar-refractivity contribution >= 4 is 24.1 Å². The molecule has 0 saturated carbocycles. The fourth-order valence-electron chi connectivity index (χ4n) is 3.40. The van der Waals surface area contributed by atoms with Crippen molar-refractivity contribution in [3.63, 3.8) is 0 Å². The van der Waals surface area contributed by atoms with Crippen LogP contribution in [-0.4, -0.2) is 69.8 Å². The lowest BCUT2D eigenvalue weighted by atomic mass is 10.1. The van der Waals surface area contributed by atoms with Crippen LogP contribution >= 0.6 is 0 Å². The van der Waals surface area contributed by atoms with E-state index in [9.17, 15) is 24.3 Å². The highest BCUT2D eigenvalue weighted by atomic mass is 16.6. The number of H-pyrrole nitrogens is 1. The van der Waals surface area contributed by atoms with Crippen molar-refractivity contribution in [2.75, 3.05) is 13.7 Å². The molecule has 2 aromatic carbocycles. The molecule has 0 aliphatic carbocycles. The predicted octanol–water partition coefficient (Wildman–Crippen LogP) is 1.95. The molecule has 200 valence electrons. The van der Waals surface area contributed by atoms with Crippen molar-refractivity contribution < 1.29 is 38.5 Å². The molecule has 0 bridgehead atoms. The van der Waals surface area contributed by atoms with E-state index >= 15 is 0 Å². The van der Waals surface area contributed by atoms with E-state index in [1.54, 1.807) is 60.7 Å². The zero-order chi connectivity index (χ0) is 27.3. The Labute approximate surface area is 218 Å². The Balaban J connectivity index is 1.89. The second kappa shape index (κ2) is 14.1. The lowest BCUT2D eigenvalue weighted by Gasteiger charge is -2.28. The summed E-state index contributed by atoms with van der Waals surface area (Å²) in [5.41, 5.74) is 1.71. The van der Waals surface area contributed by atoms with Gasteiger partial charge in [-0.3, -0.25) is 4.79 Å². The van der Waals surface area contributed by atoms with Gasteiger partial charge < -0.3 is 29.6 Å². The van der Waals surface area contributed by atoms with Gasteiger partial charge in [-0.05, 0) is 11.1 Å². The summed E-state index contributed by atoms with van der Waals surface area (Å²) in [6.45, 7) is -1.13. The van der Waals surface area contributed by atoms with E-state index in [2.05, 4.69) is 20.0 Å². The topological polar surface area (TPSA) is 160 Å². The Morgan fingerprint density at radius 3 is 1.95 bits per heavy atom. The first-order chi connectivity index (χ1) is 18.4. The van der Waals surface area contributed by atoms with E-state index < -0.39 is 42.8 Å². The fourth-order valence-corrected chi connectivity index (χ4v) is 3.40. The number of aliphatic hydroxyl groups excluding tert-OH is 1. The SMILES string of the molecule is COC(=O)[C@@H](CO)NC(=O)[C@@H](Cc1cnc[nH]1)N(C(=O)OCc1ccccc1)C(=O)OCc1ccccc1. The maximum Gasteiger partial charge on any atom is 0.420 e. The number of carbonyl (C=O) groups is 4. The molecular formula is C26H28N4O8. The molecule has 38 heavy (non-hydrogen) atoms. The maximum atomic E-state index is 13.3. The van der Waals surface area contributed by atoms with Gasteiger partial charge in [0, 0.05) is 18.3 Å². The van der Waals surface area contributed by atoms with Crippen molar-refractivity contribution in [3.05, 3.63) is 90.0 Å². The smallest absolute Gasteiger partial charge is 0.420 e. The van der Waals surface area contributed by atoms with Crippen LogP contribution in [0.4, 0.5) is 9.59 Å². The second-order valence-electron chi connectivity index (χ2n) is 8.01. The Hall–Kier alpha value is -4.71. The molecule has 1 aromatic heterocycles. The Morgan fingerprint density at radius 2 is 1.50 bits per heavy atom. The number of esters is 1. The van der Waals surface area contributed by atoms with E-state index in [0.29, 0.717) is 21.7 Å². The Morgan fingerprint density at radius 1 is 0.947 bits per heavy atom. The lowest BCUT2D eigenvalue weighted by Crippen LogP contribution is -2.57. The highest BCUT2D eigenvalue weighted by molar-refractivity contribution is 5.96. The van der Waals surface area contributed by atoms with Crippen LogP contribution in [0.25, 0.3) is 0 Å². The molecule has 0 spiro atoms. The zero-order valence-corrected chi connectivity index (χ0v) is 20.6. The average molecular weight is 525 g/mol. The largest absolute Gasteiger partial charge is 0.467 e. The van der Waals surface area contributed by atoms with Gasteiger partial charge in [0.25, 0.3) is 0 Å². The third-order valence-corrected chi connectivity index (χ3v) is 5.37. The molecular weight excluding hydrogens is 496 g/mol. The Kier molecular flexibility index (Phi) is 10.4. The number of methoxy groups -OCH3 is 1. The van der Waals surface area contributed by atoms with Crippen LogP contribution in [0.1, 0.15) is 16.8 Å². The number of aliphatic hydroxyl groups is 1. The summed E-state index contributed by atoms with van der Waals surface area (Å²) in [4.78, 5) is 59.0. The first-order valence-corrected chi connectivity index (χ1v) is 11.6. The lowest BCUT2D eigenvalue weighted by molar-refractivity contribution is -0.146. The molecule has 12 heteroatoms. The summed E-state index contributed by atoms with van der Waals surface area (Å²) in [5.74, 6) is -1.84. The third kappa shape index (κ3) is 7.90. The minimum atomic E-state index is -1.54. The van der Waals surface area contributed by atoms with Gasteiger partial charge in [0.05, 0.1) is 20.0 Å². The number of carbonyl (C=O) groups excluding carboxylic acids is 4. The zero-order valence-electron chi connectivity index (χ0n) is 20.6. The highest BCUT2D eigenvalue weighted by Crippen LogP contribution is 2.15. The van der Waals surface area contributed by atoms with Crippen LogP contribution in [0.3, 0.4) is 0 Å². The van der Waals surface area contributed by atoms with E-state index in [0.717, 1.165) is 7.11 Å². The second-order valence-corrected chi connectivity index (χ2v) is 8.01. The number of hydrogen-bond donors (Lipinski definition) is 3. The molecule has 0 unspecified atom stereocenters. The van der Waals surface area contributed by atoms with Gasteiger partial charge in [0.1, 0.15) is 19.3 Å². The molecule has 1 heterocycles. The molecule has 0 saturated heterocycles. The van der Waals surface area contributed by atoms with E-state index in [1.807, 2.05) is 0 Å². The molecule has 3 aromatic rings. The van der Waals surface area contributed by atoms with E-state index in [-0.39, 0.29) is 19.6 Å². The highest BCUT2D eigenvalue weighted by Gasteiger charge is 2.39. The van der Waals surface area contributed by atoms with Gasteiger partial charge in [0.15, 0.2) is 6.04 Å². The summed E-state index contributed by atoms with van der Waals surface area (Å²) in [6.07, 6.45) is 0.260. The molecule has 3 amide bonds. The number of aromatic amines is 1. The van der Waals surface area contributed by atoms with Crippen molar-refractivity contribution in [2.45, 2.75) is 31.7 Å². The van der Waals surface area contributed by atoms with Crippen molar-refractivity contribution in [1.82, 2.24) is 20.2 Å². The molecule has 3 rings (SSSR count). The summed E-state index contributed by atoms with van der Waals surface area (Å²) in [6, 6.07) is 14.5. The quantitative estimate of drug-likeness (QED) is 0.252. The van der Waals surface area contributed by atoms with Gasteiger partial charge in [0.2, 0.25) is 5.91 Å². The molecule has 12 nitrogen and oxygen atoms in total. The van der Waals surface area contributed by atoms with E-state index in [4.69, 9.17) is 9.47 Å². The predicted molar refractivity (Wildman–Crippen MR) is 132 cm³/mol. The normalized spacial score (nSPS) is 12.1. The van der Waals surface area contributed by atoms with Gasteiger partial charge in [-0.2, -0.15) is 4.90 Å². The standard InChI is InChI=1S/C26H28N4O8/c1-36-24(33)21(14-31)29-23(32)22(12-20-13-27-17-28-20)30(25(34)37-15-18-8-4-2-5-9-18)26(35)38-16-19-10-6-3-7-11-19/h2-11,13,17,21-22,31H,12,14-16H2,1H3,(H,27,28)(H,29,32)/t21-,22-/m1/s1. The molecule has 2 atom stereocenters. The average Bonchev–Trinajstić information content (AvgIpc) is 3.47. The van der Waals surface area contributed by atoms with Crippen LogP contribution < -0.4 is 5.32 Å². The molecule has 0 radical (unpaired) electrons. The number of benzene rings is 2. The number of ether oxygens (including phenoxy) is 3. The summed E-state index contributed by atoms with van der Waals surface area (Å²) in [5, 5.41) is 11.9. The van der Waals surface area contributed by atoms with Crippen LogP contribution in [0.15, 0.2) is 73.2 Å². The van der Waals surface area contributed by atoms with Gasteiger partial charge in [-0.1, -0.05) is 60.7 Å². The number of amides is 3. The number of aromatic nitrogens is 2. The summed E-state index contributed by atoms with van der Waals surface area (Å²) < 4.78 is 15.3. The minimum absolute atomic E-state index is 0.179. The van der Waals surface area contributed by atoms with E-state index in [1.165, 1.54) is 12.5 Å². The number of imide groups is 1. The number of imidazole rings is 1. The minimum Gasteiger partial charge on any atom is -0.467 e. The summed E-state index contributed by atoms with van der Waals surface area (Å²) >= 11 is 0. The molecule has 0 fully saturated rings. The first-order valence-electron chi connectivity index (χ1n) is 11.6. The van der Waals surface area contributed by atoms with Gasteiger partial charge >= 0.3 is 18.2 Å². The molecule has 0 aliphatic heterocycles. The van der Waals surface area contributed by atoms with Crippen molar-refractivity contribution in [3.8, 4) is 0 Å². The number of nitrogens with zero attached hydrogens (tertiary/aromatic N) is 2. The maximum absolute atomic E-state index is 13.3. The van der Waals surface area contributed by atoms with Crippen LogP contribution in [0.5, 0.6) is 0 Å². The van der Waals surface area contributed by atoms with Crippen LogP contribution in [0, 0.1) is 0 Å².